The highest BCUT2D eigenvalue weighted by Crippen LogP contribution is 2.44. The minimum atomic E-state index is -4.39. The third kappa shape index (κ3) is 1.88. The number of benzene rings is 1. The monoisotopic (exact) mass is 283 g/mol. The summed E-state index contributed by atoms with van der Waals surface area (Å²) in [6, 6.07) is 6.22. The van der Waals surface area contributed by atoms with Crippen LogP contribution in [-0.2, 0) is 6.18 Å². The Kier molecular flexibility index (Phi) is 2.56. The van der Waals surface area contributed by atoms with Gasteiger partial charge in [0.15, 0.2) is 0 Å². The molecule has 0 amide bonds. The van der Waals surface area contributed by atoms with Crippen LogP contribution in [0.5, 0.6) is 5.75 Å². The van der Waals surface area contributed by atoms with Crippen molar-refractivity contribution in [3.8, 4) is 16.9 Å². The zero-order valence-corrected chi connectivity index (χ0v) is 10.3. The van der Waals surface area contributed by atoms with E-state index >= 15 is 0 Å². The van der Waals surface area contributed by atoms with Gasteiger partial charge in [-0.05, 0) is 23.6 Å². The highest BCUT2D eigenvalue weighted by atomic mass is 32.1. The number of H-pyrrole nitrogens is 1. The molecular weight excluding hydrogens is 275 g/mol. The van der Waals surface area contributed by atoms with Crippen molar-refractivity contribution in [1.82, 2.24) is 4.98 Å². The van der Waals surface area contributed by atoms with E-state index in [1.807, 2.05) is 0 Å². The lowest BCUT2D eigenvalue weighted by Crippen LogP contribution is -2.03. The molecule has 0 aliphatic rings. The van der Waals surface area contributed by atoms with Crippen molar-refractivity contribution < 1.29 is 18.3 Å². The molecule has 2 heterocycles. The zero-order chi connectivity index (χ0) is 13.6. The smallest absolute Gasteiger partial charge is 0.426 e. The third-order valence-corrected chi connectivity index (χ3v) is 3.86. The molecule has 3 aromatic rings. The number of hydrogen-bond donors (Lipinski definition) is 2. The lowest BCUT2D eigenvalue weighted by atomic mass is 10.0. The Hall–Kier alpha value is -1.95. The number of halogens is 3. The summed E-state index contributed by atoms with van der Waals surface area (Å²) in [7, 11) is 0. The van der Waals surface area contributed by atoms with E-state index in [1.165, 1.54) is 23.7 Å². The fourth-order valence-corrected chi connectivity index (χ4v) is 2.90. The van der Waals surface area contributed by atoms with E-state index in [1.54, 1.807) is 12.1 Å². The molecular formula is C13H8F3NOS. The molecule has 98 valence electrons. The standard InChI is InChI=1S/C13H8F3NOS/c14-13(15,16)12-7(4-5-19-12)8-6-17-9-2-1-3-10(18)11(8)9/h1-6,17-18H. The summed E-state index contributed by atoms with van der Waals surface area (Å²) < 4.78 is 38.7. The fourth-order valence-electron chi connectivity index (χ4n) is 2.12. The number of aromatic hydroxyl groups is 1. The fraction of sp³-hybridized carbons (Fsp3) is 0.0769. The first kappa shape index (κ1) is 12.1. The van der Waals surface area contributed by atoms with Gasteiger partial charge in [-0.2, -0.15) is 13.2 Å². The number of alkyl halides is 3. The van der Waals surface area contributed by atoms with E-state index in [4.69, 9.17) is 0 Å². The van der Waals surface area contributed by atoms with Crippen LogP contribution in [0.3, 0.4) is 0 Å². The summed E-state index contributed by atoms with van der Waals surface area (Å²) in [5.41, 5.74) is 1.06. The number of thiophene rings is 1. The summed E-state index contributed by atoms with van der Waals surface area (Å²) in [4.78, 5) is 2.22. The number of aromatic nitrogens is 1. The number of aromatic amines is 1. The number of rotatable bonds is 1. The second kappa shape index (κ2) is 4.03. The van der Waals surface area contributed by atoms with Crippen LogP contribution in [0, 0.1) is 0 Å². The quantitative estimate of drug-likeness (QED) is 0.671. The van der Waals surface area contributed by atoms with Crippen molar-refractivity contribution >= 4 is 22.2 Å². The topological polar surface area (TPSA) is 36.0 Å². The summed E-state index contributed by atoms with van der Waals surface area (Å²) in [6.07, 6.45) is -2.90. The van der Waals surface area contributed by atoms with E-state index < -0.39 is 11.1 Å². The number of fused-ring (bicyclic) bond motifs is 1. The molecule has 0 atom stereocenters. The summed E-state index contributed by atoms with van der Waals surface area (Å²) in [5.74, 6) is -0.0342. The van der Waals surface area contributed by atoms with Crippen LogP contribution in [-0.4, -0.2) is 10.1 Å². The minimum Gasteiger partial charge on any atom is -0.507 e. The molecule has 0 saturated carbocycles. The Balaban J connectivity index is 2.29. The maximum Gasteiger partial charge on any atom is 0.426 e. The predicted octanol–water partition coefficient (Wildman–Crippen LogP) is 4.62. The average molecular weight is 283 g/mol. The SMILES string of the molecule is Oc1cccc2[nH]cc(-c3ccsc3C(F)(F)F)c12. The second-order valence-electron chi connectivity index (χ2n) is 4.06. The van der Waals surface area contributed by atoms with E-state index in [0.717, 1.165) is 0 Å². The molecule has 0 saturated heterocycles. The molecule has 0 bridgehead atoms. The number of nitrogens with one attached hydrogen (secondary N) is 1. The van der Waals surface area contributed by atoms with Crippen LogP contribution in [0.4, 0.5) is 13.2 Å². The second-order valence-corrected chi connectivity index (χ2v) is 4.98. The summed E-state index contributed by atoms with van der Waals surface area (Å²) in [5, 5.41) is 11.6. The van der Waals surface area contributed by atoms with Crippen LogP contribution in [0.25, 0.3) is 22.0 Å². The van der Waals surface area contributed by atoms with Gasteiger partial charge in [0.05, 0.1) is 0 Å². The maximum absolute atomic E-state index is 12.9. The average Bonchev–Trinajstić information content (AvgIpc) is 2.93. The third-order valence-electron chi connectivity index (χ3n) is 2.90. The van der Waals surface area contributed by atoms with E-state index in [-0.39, 0.29) is 11.3 Å². The van der Waals surface area contributed by atoms with E-state index in [2.05, 4.69) is 4.98 Å². The van der Waals surface area contributed by atoms with Gasteiger partial charge in [-0.15, -0.1) is 11.3 Å². The van der Waals surface area contributed by atoms with Crippen molar-refractivity contribution in [3.05, 3.63) is 40.7 Å². The van der Waals surface area contributed by atoms with Gasteiger partial charge in [0.25, 0.3) is 0 Å². The van der Waals surface area contributed by atoms with Crippen LogP contribution in [0.15, 0.2) is 35.8 Å². The Bertz CT molecular complexity index is 742. The number of hydrogen-bond acceptors (Lipinski definition) is 2. The number of phenolic OH excluding ortho intramolecular Hbond substituents is 1. The van der Waals surface area contributed by atoms with Gasteiger partial charge < -0.3 is 10.1 Å². The molecule has 1 aromatic carbocycles. The van der Waals surface area contributed by atoms with Crippen molar-refractivity contribution in [2.75, 3.05) is 0 Å². The molecule has 0 fully saturated rings. The normalized spacial score (nSPS) is 12.2. The molecule has 0 unspecified atom stereocenters. The van der Waals surface area contributed by atoms with Crippen molar-refractivity contribution in [2.24, 2.45) is 0 Å². The molecule has 6 heteroatoms. The van der Waals surface area contributed by atoms with Crippen LogP contribution < -0.4 is 0 Å². The highest BCUT2D eigenvalue weighted by Gasteiger charge is 2.35. The highest BCUT2D eigenvalue weighted by molar-refractivity contribution is 7.10. The van der Waals surface area contributed by atoms with Crippen molar-refractivity contribution in [2.45, 2.75) is 6.18 Å². The zero-order valence-electron chi connectivity index (χ0n) is 9.45. The molecule has 2 aromatic heterocycles. The minimum absolute atomic E-state index is 0.0342. The van der Waals surface area contributed by atoms with Gasteiger partial charge in [-0.3, -0.25) is 0 Å². The predicted molar refractivity (Wildman–Crippen MR) is 68.3 cm³/mol. The van der Waals surface area contributed by atoms with Gasteiger partial charge in [-0.25, -0.2) is 0 Å². The number of phenols is 1. The van der Waals surface area contributed by atoms with Crippen molar-refractivity contribution in [1.29, 1.82) is 0 Å². The Morgan fingerprint density at radius 2 is 1.89 bits per heavy atom. The molecule has 0 radical (unpaired) electrons. The van der Waals surface area contributed by atoms with Crippen LogP contribution in [0.1, 0.15) is 4.88 Å². The Morgan fingerprint density at radius 3 is 2.63 bits per heavy atom. The lowest BCUT2D eigenvalue weighted by Gasteiger charge is -2.07. The van der Waals surface area contributed by atoms with Crippen LogP contribution in [0.2, 0.25) is 0 Å². The van der Waals surface area contributed by atoms with Gasteiger partial charge in [-0.1, -0.05) is 6.07 Å². The Labute approximate surface area is 110 Å². The van der Waals surface area contributed by atoms with Crippen molar-refractivity contribution in [3.63, 3.8) is 0 Å². The maximum atomic E-state index is 12.9. The molecule has 0 aliphatic carbocycles. The molecule has 3 rings (SSSR count). The molecule has 19 heavy (non-hydrogen) atoms. The van der Waals surface area contributed by atoms with Crippen LogP contribution >= 0.6 is 11.3 Å². The van der Waals surface area contributed by atoms with Gasteiger partial charge in [0.2, 0.25) is 0 Å². The van der Waals surface area contributed by atoms with Gasteiger partial charge in [0, 0.05) is 28.2 Å². The van der Waals surface area contributed by atoms with Gasteiger partial charge in [0.1, 0.15) is 10.6 Å². The van der Waals surface area contributed by atoms with E-state index in [0.29, 0.717) is 27.8 Å². The van der Waals surface area contributed by atoms with E-state index in [9.17, 15) is 18.3 Å². The molecule has 0 spiro atoms. The molecule has 2 N–H and O–H groups in total. The lowest BCUT2D eigenvalue weighted by molar-refractivity contribution is -0.133. The summed E-state index contributed by atoms with van der Waals surface area (Å²) >= 11 is 0.649. The first-order chi connectivity index (χ1) is 8.98. The van der Waals surface area contributed by atoms with Gasteiger partial charge >= 0.3 is 6.18 Å². The first-order valence-electron chi connectivity index (χ1n) is 5.42. The Morgan fingerprint density at radius 1 is 1.11 bits per heavy atom. The first-order valence-corrected chi connectivity index (χ1v) is 6.30. The molecule has 0 aliphatic heterocycles. The molecule has 2 nitrogen and oxygen atoms in total. The summed E-state index contributed by atoms with van der Waals surface area (Å²) in [6.45, 7) is 0. The largest absolute Gasteiger partial charge is 0.507 e.